The van der Waals surface area contributed by atoms with Crippen molar-refractivity contribution in [3.8, 4) is 11.5 Å². The Bertz CT molecular complexity index is 611. The summed E-state index contributed by atoms with van der Waals surface area (Å²) in [4.78, 5) is 4.09. The first kappa shape index (κ1) is 17.2. The topological polar surface area (TPSA) is 89.6 Å². The van der Waals surface area contributed by atoms with Crippen LogP contribution in [0.2, 0.25) is 0 Å². The van der Waals surface area contributed by atoms with E-state index in [1.54, 1.807) is 14.0 Å². The molecular weight excluding hydrogens is 298 g/mol. The zero-order chi connectivity index (χ0) is 16.7. The first-order chi connectivity index (χ1) is 11.2. The summed E-state index contributed by atoms with van der Waals surface area (Å²) in [7, 11) is 1.60. The summed E-state index contributed by atoms with van der Waals surface area (Å²) in [6.07, 6.45) is 0.873. The summed E-state index contributed by atoms with van der Waals surface area (Å²) >= 11 is 0. The summed E-state index contributed by atoms with van der Waals surface area (Å²) in [5.74, 6) is 2.24. The Hall–Kier alpha value is -2.12. The molecular formula is C16H23N3O4. The number of aryl methyl sites for hydroxylation is 1. The fourth-order valence-electron chi connectivity index (χ4n) is 2.08. The zero-order valence-electron chi connectivity index (χ0n) is 13.7. The number of nitrogens with one attached hydrogen (secondary N) is 1. The van der Waals surface area contributed by atoms with Crippen molar-refractivity contribution in [2.24, 2.45) is 0 Å². The number of aliphatic hydroxyl groups is 1. The maximum Gasteiger partial charge on any atom is 0.264 e. The second-order valence-electron chi connectivity index (χ2n) is 5.18. The third-order valence-corrected chi connectivity index (χ3v) is 3.46. The molecule has 0 saturated carbocycles. The van der Waals surface area contributed by atoms with E-state index in [1.807, 2.05) is 25.1 Å². The van der Waals surface area contributed by atoms with Crippen molar-refractivity contribution in [2.45, 2.75) is 39.5 Å². The summed E-state index contributed by atoms with van der Waals surface area (Å²) in [5, 5.41) is 16.2. The highest BCUT2D eigenvalue weighted by atomic mass is 16.5. The number of aromatic nitrogens is 2. The van der Waals surface area contributed by atoms with Crippen LogP contribution in [-0.4, -0.2) is 35.0 Å². The van der Waals surface area contributed by atoms with Gasteiger partial charge in [-0.05, 0) is 31.0 Å². The van der Waals surface area contributed by atoms with Crippen LogP contribution in [-0.2, 0) is 13.2 Å². The van der Waals surface area contributed by atoms with Crippen LogP contribution in [0.3, 0.4) is 0 Å². The fraction of sp³-hybridized carbons (Fsp3) is 0.500. The van der Waals surface area contributed by atoms with E-state index in [0.29, 0.717) is 29.8 Å². The standard InChI is InChI=1S/C16H23N3O4/c1-4-13(9-20)17-8-12-5-6-14(15(7-12)21-3)22-10-16-18-11(2)19-23-16/h5-7,13,17,20H,4,8-10H2,1-3H3. The van der Waals surface area contributed by atoms with E-state index < -0.39 is 0 Å². The van der Waals surface area contributed by atoms with Gasteiger partial charge < -0.3 is 24.4 Å². The number of ether oxygens (including phenoxy) is 2. The molecule has 0 spiro atoms. The highest BCUT2D eigenvalue weighted by Crippen LogP contribution is 2.28. The fourth-order valence-corrected chi connectivity index (χ4v) is 2.08. The maximum atomic E-state index is 9.20. The smallest absolute Gasteiger partial charge is 0.264 e. The molecule has 2 aromatic rings. The molecule has 0 radical (unpaired) electrons. The second-order valence-corrected chi connectivity index (χ2v) is 5.18. The van der Waals surface area contributed by atoms with Crippen LogP contribution in [0, 0.1) is 6.92 Å². The molecule has 126 valence electrons. The van der Waals surface area contributed by atoms with E-state index in [4.69, 9.17) is 14.0 Å². The Morgan fingerprint density at radius 1 is 1.35 bits per heavy atom. The lowest BCUT2D eigenvalue weighted by Gasteiger charge is -2.15. The van der Waals surface area contributed by atoms with E-state index in [2.05, 4.69) is 15.5 Å². The number of benzene rings is 1. The number of methoxy groups -OCH3 is 1. The van der Waals surface area contributed by atoms with Gasteiger partial charge in [0.1, 0.15) is 0 Å². The number of rotatable bonds is 9. The van der Waals surface area contributed by atoms with Crippen LogP contribution in [0.5, 0.6) is 11.5 Å². The minimum absolute atomic E-state index is 0.0951. The average Bonchev–Trinajstić information content (AvgIpc) is 2.99. The quantitative estimate of drug-likeness (QED) is 0.728. The average molecular weight is 321 g/mol. The van der Waals surface area contributed by atoms with Crippen LogP contribution in [0.15, 0.2) is 22.7 Å². The van der Waals surface area contributed by atoms with Crippen LogP contribution < -0.4 is 14.8 Å². The number of hydrogen-bond donors (Lipinski definition) is 2. The molecule has 7 nitrogen and oxygen atoms in total. The summed E-state index contributed by atoms with van der Waals surface area (Å²) < 4.78 is 16.1. The third kappa shape index (κ3) is 4.94. The molecule has 0 bridgehead atoms. The van der Waals surface area contributed by atoms with Gasteiger partial charge in [-0.3, -0.25) is 0 Å². The normalized spacial score (nSPS) is 12.2. The second kappa shape index (κ2) is 8.50. The predicted molar refractivity (Wildman–Crippen MR) is 84.4 cm³/mol. The molecule has 0 saturated heterocycles. The summed E-state index contributed by atoms with van der Waals surface area (Å²) in [6, 6.07) is 5.80. The van der Waals surface area contributed by atoms with Crippen molar-refractivity contribution in [3.05, 3.63) is 35.5 Å². The van der Waals surface area contributed by atoms with E-state index in [1.165, 1.54) is 0 Å². The van der Waals surface area contributed by atoms with Gasteiger partial charge in [-0.2, -0.15) is 4.98 Å². The first-order valence-corrected chi connectivity index (χ1v) is 7.59. The van der Waals surface area contributed by atoms with Gasteiger partial charge >= 0.3 is 0 Å². The molecule has 0 aliphatic carbocycles. The van der Waals surface area contributed by atoms with Gasteiger partial charge in [0.2, 0.25) is 0 Å². The van der Waals surface area contributed by atoms with Gasteiger partial charge in [-0.1, -0.05) is 18.1 Å². The molecule has 2 N–H and O–H groups in total. The Kier molecular flexibility index (Phi) is 6.37. The Morgan fingerprint density at radius 2 is 2.17 bits per heavy atom. The highest BCUT2D eigenvalue weighted by Gasteiger charge is 2.10. The minimum Gasteiger partial charge on any atom is -0.493 e. The summed E-state index contributed by atoms with van der Waals surface area (Å²) in [6.45, 7) is 4.75. The van der Waals surface area contributed by atoms with Gasteiger partial charge in [-0.15, -0.1) is 0 Å². The largest absolute Gasteiger partial charge is 0.493 e. The van der Waals surface area contributed by atoms with Gasteiger partial charge in [0, 0.05) is 12.6 Å². The molecule has 0 amide bonds. The molecule has 23 heavy (non-hydrogen) atoms. The number of hydrogen-bond acceptors (Lipinski definition) is 7. The Morgan fingerprint density at radius 3 is 2.78 bits per heavy atom. The van der Waals surface area contributed by atoms with E-state index in [0.717, 1.165) is 12.0 Å². The molecule has 1 unspecified atom stereocenters. The minimum atomic E-state index is 0.0951. The molecule has 2 rings (SSSR count). The lowest BCUT2D eigenvalue weighted by molar-refractivity contribution is 0.232. The zero-order valence-corrected chi connectivity index (χ0v) is 13.7. The van der Waals surface area contributed by atoms with Crippen molar-refractivity contribution < 1.29 is 19.1 Å². The van der Waals surface area contributed by atoms with Crippen LogP contribution in [0.4, 0.5) is 0 Å². The predicted octanol–water partition coefficient (Wildman–Crippen LogP) is 1.83. The maximum absolute atomic E-state index is 9.20. The van der Waals surface area contributed by atoms with Crippen molar-refractivity contribution >= 4 is 0 Å². The number of aliphatic hydroxyl groups excluding tert-OH is 1. The molecule has 1 heterocycles. The van der Waals surface area contributed by atoms with Crippen molar-refractivity contribution in [1.29, 1.82) is 0 Å². The SMILES string of the molecule is CCC(CO)NCc1ccc(OCc2nc(C)no2)c(OC)c1. The molecule has 7 heteroatoms. The first-order valence-electron chi connectivity index (χ1n) is 7.59. The van der Waals surface area contributed by atoms with E-state index >= 15 is 0 Å². The van der Waals surface area contributed by atoms with Crippen molar-refractivity contribution in [1.82, 2.24) is 15.5 Å². The summed E-state index contributed by atoms with van der Waals surface area (Å²) in [5.41, 5.74) is 1.05. The third-order valence-electron chi connectivity index (χ3n) is 3.46. The lowest BCUT2D eigenvalue weighted by atomic mass is 10.1. The van der Waals surface area contributed by atoms with Gasteiger partial charge in [0.05, 0.1) is 13.7 Å². The lowest BCUT2D eigenvalue weighted by Crippen LogP contribution is -2.31. The molecule has 1 aromatic carbocycles. The molecule has 1 aromatic heterocycles. The van der Waals surface area contributed by atoms with Crippen LogP contribution in [0.25, 0.3) is 0 Å². The van der Waals surface area contributed by atoms with Crippen molar-refractivity contribution in [2.75, 3.05) is 13.7 Å². The van der Waals surface area contributed by atoms with Gasteiger partial charge in [-0.25, -0.2) is 0 Å². The Balaban J connectivity index is 1.98. The van der Waals surface area contributed by atoms with E-state index in [-0.39, 0.29) is 19.3 Å². The van der Waals surface area contributed by atoms with Crippen LogP contribution in [0.1, 0.15) is 30.6 Å². The molecule has 0 aliphatic rings. The number of nitrogens with zero attached hydrogens (tertiary/aromatic N) is 2. The van der Waals surface area contributed by atoms with Gasteiger partial charge in [0.25, 0.3) is 5.89 Å². The monoisotopic (exact) mass is 321 g/mol. The van der Waals surface area contributed by atoms with Crippen molar-refractivity contribution in [3.63, 3.8) is 0 Å². The Labute approximate surface area is 135 Å². The molecule has 0 fully saturated rings. The van der Waals surface area contributed by atoms with E-state index in [9.17, 15) is 5.11 Å². The molecule has 0 aliphatic heterocycles. The van der Waals surface area contributed by atoms with Gasteiger partial charge in [0.15, 0.2) is 23.9 Å². The highest BCUT2D eigenvalue weighted by molar-refractivity contribution is 5.43. The van der Waals surface area contributed by atoms with Crippen LogP contribution >= 0.6 is 0 Å². The molecule has 1 atom stereocenters.